The smallest absolute Gasteiger partial charge is 0.253 e. The Morgan fingerprint density at radius 2 is 1.52 bits per heavy atom. The first-order valence-electron chi connectivity index (χ1n) is 9.88. The highest BCUT2D eigenvalue weighted by atomic mass is 16.2. The van der Waals surface area contributed by atoms with Gasteiger partial charge in [0, 0.05) is 77.9 Å². The van der Waals surface area contributed by atoms with Gasteiger partial charge in [0.1, 0.15) is 0 Å². The Kier molecular flexibility index (Phi) is 6.40. The third kappa shape index (κ3) is 4.87. The van der Waals surface area contributed by atoms with Gasteiger partial charge in [-0.2, -0.15) is 5.26 Å². The average Bonchev–Trinajstić information content (AvgIpc) is 2.73. The first-order valence-corrected chi connectivity index (χ1v) is 9.88. The quantitative estimate of drug-likeness (QED) is 0.784. The number of anilines is 2. The maximum absolute atomic E-state index is 12.8. The summed E-state index contributed by atoms with van der Waals surface area (Å²) in [4.78, 5) is 21.1. The molecule has 0 N–H and O–H groups in total. The summed E-state index contributed by atoms with van der Waals surface area (Å²) in [5, 5.41) is 9.43. The van der Waals surface area contributed by atoms with Gasteiger partial charge in [-0.05, 0) is 48.0 Å². The van der Waals surface area contributed by atoms with E-state index in [0.29, 0.717) is 13.1 Å². The van der Waals surface area contributed by atoms with Crippen molar-refractivity contribution >= 4 is 17.3 Å². The van der Waals surface area contributed by atoms with Crippen molar-refractivity contribution in [1.29, 1.82) is 5.26 Å². The van der Waals surface area contributed by atoms with Crippen molar-refractivity contribution in [2.75, 3.05) is 64.2 Å². The molecule has 0 unspecified atom stereocenters. The van der Waals surface area contributed by atoms with Gasteiger partial charge in [0.2, 0.25) is 0 Å². The van der Waals surface area contributed by atoms with Crippen molar-refractivity contribution < 1.29 is 4.79 Å². The molecule has 6 heteroatoms. The second-order valence-electron chi connectivity index (χ2n) is 7.86. The predicted molar refractivity (Wildman–Crippen MR) is 117 cm³/mol. The minimum absolute atomic E-state index is 0.0854. The van der Waals surface area contributed by atoms with Crippen LogP contribution in [0.3, 0.4) is 0 Å². The second-order valence-corrected chi connectivity index (χ2v) is 7.86. The standard InChI is InChI=1S/C23H29N5O/c1-25(2)21-8-5-18(6-9-21)23(29)28-13-11-27(12-14-28)17-20-15-22(26(3)4)10-7-19(20)16-24/h5-10,15H,11-14,17H2,1-4H3. The van der Waals surface area contributed by atoms with Crippen molar-refractivity contribution in [3.8, 4) is 6.07 Å². The molecule has 2 aromatic rings. The number of nitrogens with zero attached hydrogens (tertiary/aromatic N) is 5. The number of rotatable bonds is 5. The monoisotopic (exact) mass is 391 g/mol. The lowest BCUT2D eigenvalue weighted by Gasteiger charge is -2.35. The van der Waals surface area contributed by atoms with Crippen LogP contribution in [0.2, 0.25) is 0 Å². The summed E-state index contributed by atoms with van der Waals surface area (Å²) in [5.41, 5.74) is 4.66. The fourth-order valence-electron chi connectivity index (χ4n) is 3.53. The lowest BCUT2D eigenvalue weighted by molar-refractivity contribution is 0.0628. The SMILES string of the molecule is CN(C)c1ccc(C(=O)N2CCN(Cc3cc(N(C)C)ccc3C#N)CC2)cc1. The zero-order valence-corrected chi connectivity index (χ0v) is 17.7. The van der Waals surface area contributed by atoms with Gasteiger partial charge in [-0.25, -0.2) is 0 Å². The topological polar surface area (TPSA) is 53.8 Å². The van der Waals surface area contributed by atoms with Crippen LogP contribution in [0.4, 0.5) is 11.4 Å². The Hall–Kier alpha value is -3.04. The maximum Gasteiger partial charge on any atom is 0.253 e. The van der Waals surface area contributed by atoms with E-state index in [-0.39, 0.29) is 5.91 Å². The molecule has 0 radical (unpaired) electrons. The van der Waals surface area contributed by atoms with Crippen molar-refractivity contribution in [3.63, 3.8) is 0 Å². The van der Waals surface area contributed by atoms with Gasteiger partial charge >= 0.3 is 0 Å². The molecule has 1 fully saturated rings. The largest absolute Gasteiger partial charge is 0.378 e. The Morgan fingerprint density at radius 1 is 0.931 bits per heavy atom. The molecular formula is C23H29N5O. The van der Waals surface area contributed by atoms with Crippen LogP contribution in [0, 0.1) is 11.3 Å². The van der Waals surface area contributed by atoms with Gasteiger partial charge in [-0.1, -0.05) is 0 Å². The summed E-state index contributed by atoms with van der Waals surface area (Å²) in [6, 6.07) is 16.0. The van der Waals surface area contributed by atoms with E-state index in [2.05, 4.69) is 17.0 Å². The lowest BCUT2D eigenvalue weighted by atomic mass is 10.1. The minimum atomic E-state index is 0.0854. The summed E-state index contributed by atoms with van der Waals surface area (Å²) in [7, 11) is 7.98. The number of nitriles is 1. The van der Waals surface area contributed by atoms with Gasteiger partial charge in [-0.15, -0.1) is 0 Å². The highest BCUT2D eigenvalue weighted by molar-refractivity contribution is 5.94. The molecule has 0 aliphatic carbocycles. The number of benzene rings is 2. The second kappa shape index (κ2) is 8.97. The molecular weight excluding hydrogens is 362 g/mol. The molecule has 6 nitrogen and oxygen atoms in total. The van der Waals surface area contributed by atoms with Gasteiger partial charge in [0.15, 0.2) is 0 Å². The molecule has 0 saturated carbocycles. The highest BCUT2D eigenvalue weighted by Gasteiger charge is 2.23. The Labute approximate surface area is 173 Å². The summed E-state index contributed by atoms with van der Waals surface area (Å²) < 4.78 is 0. The third-order valence-electron chi connectivity index (χ3n) is 5.41. The maximum atomic E-state index is 12.8. The lowest BCUT2D eigenvalue weighted by Crippen LogP contribution is -2.48. The van der Waals surface area contributed by atoms with Gasteiger partial charge in [0.05, 0.1) is 11.6 Å². The number of carbonyl (C=O) groups is 1. The zero-order valence-electron chi connectivity index (χ0n) is 17.7. The molecule has 1 saturated heterocycles. The molecule has 0 bridgehead atoms. The van der Waals surface area contributed by atoms with E-state index >= 15 is 0 Å². The number of piperazine rings is 1. The molecule has 152 valence electrons. The van der Waals surface area contributed by atoms with E-state index in [1.165, 1.54) is 0 Å². The van der Waals surface area contributed by atoms with E-state index in [9.17, 15) is 10.1 Å². The van der Waals surface area contributed by atoms with E-state index in [1.807, 2.05) is 79.3 Å². The van der Waals surface area contributed by atoms with Crippen molar-refractivity contribution in [2.24, 2.45) is 0 Å². The molecule has 0 atom stereocenters. The minimum Gasteiger partial charge on any atom is -0.378 e. The molecule has 0 spiro atoms. The zero-order chi connectivity index (χ0) is 21.0. The number of hydrogen-bond acceptors (Lipinski definition) is 5. The summed E-state index contributed by atoms with van der Waals surface area (Å²) >= 11 is 0. The molecule has 29 heavy (non-hydrogen) atoms. The van der Waals surface area contributed by atoms with Crippen LogP contribution in [0.25, 0.3) is 0 Å². The summed E-state index contributed by atoms with van der Waals surface area (Å²) in [5.74, 6) is 0.0854. The van der Waals surface area contributed by atoms with E-state index in [4.69, 9.17) is 0 Å². The summed E-state index contributed by atoms with van der Waals surface area (Å²) in [6.45, 7) is 3.73. The molecule has 1 heterocycles. The summed E-state index contributed by atoms with van der Waals surface area (Å²) in [6.07, 6.45) is 0. The first kappa shape index (κ1) is 20.7. The third-order valence-corrected chi connectivity index (χ3v) is 5.41. The van der Waals surface area contributed by atoms with E-state index < -0.39 is 0 Å². The van der Waals surface area contributed by atoms with Gasteiger partial charge < -0.3 is 14.7 Å². The molecule has 3 rings (SSSR count). The van der Waals surface area contributed by atoms with Crippen LogP contribution >= 0.6 is 0 Å². The predicted octanol–water partition coefficient (Wildman–Crippen LogP) is 2.65. The van der Waals surface area contributed by atoms with Crippen molar-refractivity contribution in [3.05, 3.63) is 59.2 Å². The van der Waals surface area contributed by atoms with E-state index in [0.717, 1.165) is 47.7 Å². The fraction of sp³-hybridized carbons (Fsp3) is 0.391. The van der Waals surface area contributed by atoms with Crippen LogP contribution in [-0.2, 0) is 6.54 Å². The molecule has 1 amide bonds. The number of amides is 1. The highest BCUT2D eigenvalue weighted by Crippen LogP contribution is 2.20. The van der Waals surface area contributed by atoms with Crippen molar-refractivity contribution in [1.82, 2.24) is 9.80 Å². The van der Waals surface area contributed by atoms with Gasteiger partial charge in [0.25, 0.3) is 5.91 Å². The van der Waals surface area contributed by atoms with E-state index in [1.54, 1.807) is 0 Å². The van der Waals surface area contributed by atoms with Crippen molar-refractivity contribution in [2.45, 2.75) is 6.54 Å². The normalized spacial score (nSPS) is 14.4. The Bertz CT molecular complexity index is 890. The first-order chi connectivity index (χ1) is 13.9. The van der Waals surface area contributed by atoms with Crippen LogP contribution in [-0.4, -0.2) is 70.1 Å². The number of hydrogen-bond donors (Lipinski definition) is 0. The molecule has 1 aliphatic heterocycles. The molecule has 1 aliphatic rings. The van der Waals surface area contributed by atoms with Gasteiger partial charge in [-0.3, -0.25) is 9.69 Å². The molecule has 2 aromatic carbocycles. The molecule has 0 aromatic heterocycles. The fourth-order valence-corrected chi connectivity index (χ4v) is 3.53. The van der Waals surface area contributed by atoms with Crippen LogP contribution in [0.1, 0.15) is 21.5 Å². The Balaban J connectivity index is 1.61. The number of carbonyl (C=O) groups excluding carboxylic acids is 1. The van der Waals surface area contributed by atoms with Crippen LogP contribution in [0.15, 0.2) is 42.5 Å². The average molecular weight is 392 g/mol. The Morgan fingerprint density at radius 3 is 2.07 bits per heavy atom. The van der Waals surface area contributed by atoms with Crippen LogP contribution in [0.5, 0.6) is 0 Å². The van der Waals surface area contributed by atoms with Crippen LogP contribution < -0.4 is 9.80 Å².